The highest BCUT2D eigenvalue weighted by Crippen LogP contribution is 2.33. The number of sulfonamides is 1. The Hall–Kier alpha value is -0.430. The lowest BCUT2D eigenvalue weighted by atomic mass is 10.2. The van der Waals surface area contributed by atoms with E-state index in [9.17, 15) is 8.42 Å². The van der Waals surface area contributed by atoms with Gasteiger partial charge in [-0.2, -0.15) is 0 Å². The molecule has 1 fully saturated rings. The molecule has 0 spiro atoms. The molecule has 0 radical (unpaired) electrons. The molecular formula is C13H19BrN2O2S. The van der Waals surface area contributed by atoms with Crippen LogP contribution in [0.5, 0.6) is 0 Å². The van der Waals surface area contributed by atoms with Crippen molar-refractivity contribution in [1.29, 1.82) is 0 Å². The van der Waals surface area contributed by atoms with Crippen molar-refractivity contribution in [3.63, 3.8) is 0 Å². The Balaban J connectivity index is 2.13. The monoisotopic (exact) mass is 346 g/mol. The number of nitrogens with one attached hydrogen (secondary N) is 1. The molecule has 4 nitrogen and oxygen atoms in total. The first-order valence-corrected chi connectivity index (χ1v) is 8.71. The van der Waals surface area contributed by atoms with Gasteiger partial charge < -0.3 is 5.73 Å². The van der Waals surface area contributed by atoms with Gasteiger partial charge in [0.1, 0.15) is 0 Å². The second kappa shape index (κ2) is 5.91. The first-order chi connectivity index (χ1) is 8.92. The topological polar surface area (TPSA) is 72.2 Å². The molecule has 1 atom stereocenters. The molecule has 1 aliphatic carbocycles. The number of rotatable bonds is 6. The Morgan fingerprint density at radius 1 is 1.47 bits per heavy atom. The molecule has 1 unspecified atom stereocenters. The van der Waals surface area contributed by atoms with E-state index in [0.29, 0.717) is 16.9 Å². The van der Waals surface area contributed by atoms with Crippen LogP contribution in [0, 0.1) is 5.92 Å². The summed E-state index contributed by atoms with van der Waals surface area (Å²) in [5, 5.41) is 0. The molecule has 1 aromatic carbocycles. The van der Waals surface area contributed by atoms with Crippen LogP contribution in [0.15, 0.2) is 27.6 Å². The second-order valence-corrected chi connectivity index (χ2v) is 7.71. The van der Waals surface area contributed by atoms with Crippen LogP contribution in [0.1, 0.15) is 31.7 Å². The van der Waals surface area contributed by atoms with Crippen LogP contribution in [0.3, 0.4) is 0 Å². The van der Waals surface area contributed by atoms with E-state index in [-0.39, 0.29) is 10.9 Å². The van der Waals surface area contributed by atoms with Crippen molar-refractivity contribution in [3.05, 3.63) is 28.2 Å². The minimum atomic E-state index is -3.47. The second-order valence-electron chi connectivity index (χ2n) is 5.17. The molecule has 0 aliphatic heterocycles. The van der Waals surface area contributed by atoms with Crippen molar-refractivity contribution < 1.29 is 8.42 Å². The lowest BCUT2D eigenvalue weighted by Crippen LogP contribution is -2.33. The molecule has 0 saturated heterocycles. The first-order valence-electron chi connectivity index (χ1n) is 6.43. The van der Waals surface area contributed by atoms with Crippen molar-refractivity contribution in [1.82, 2.24) is 4.72 Å². The molecule has 1 aromatic rings. The molecule has 2 rings (SSSR count). The van der Waals surface area contributed by atoms with Crippen molar-refractivity contribution in [2.75, 3.05) is 0 Å². The van der Waals surface area contributed by atoms with E-state index in [4.69, 9.17) is 5.73 Å². The van der Waals surface area contributed by atoms with E-state index < -0.39 is 10.0 Å². The van der Waals surface area contributed by atoms with Gasteiger partial charge in [0.25, 0.3) is 0 Å². The van der Waals surface area contributed by atoms with Crippen LogP contribution < -0.4 is 10.5 Å². The zero-order valence-corrected chi connectivity index (χ0v) is 13.3. The van der Waals surface area contributed by atoms with Crippen LogP contribution in [0.25, 0.3) is 0 Å². The Bertz CT molecular complexity index is 556. The van der Waals surface area contributed by atoms with E-state index >= 15 is 0 Å². The smallest absolute Gasteiger partial charge is 0.241 e. The maximum atomic E-state index is 12.3. The van der Waals surface area contributed by atoms with Gasteiger partial charge in [0.2, 0.25) is 10.0 Å². The zero-order valence-electron chi connectivity index (χ0n) is 10.9. The van der Waals surface area contributed by atoms with Crippen molar-refractivity contribution in [3.8, 4) is 0 Å². The Morgan fingerprint density at radius 2 is 2.16 bits per heavy atom. The van der Waals surface area contributed by atoms with Gasteiger partial charge in [0.15, 0.2) is 0 Å². The van der Waals surface area contributed by atoms with Gasteiger partial charge in [0.05, 0.1) is 4.90 Å². The normalized spacial score (nSPS) is 17.4. The average Bonchev–Trinajstić information content (AvgIpc) is 3.11. The van der Waals surface area contributed by atoms with E-state index in [2.05, 4.69) is 20.7 Å². The fourth-order valence-corrected chi connectivity index (χ4v) is 4.50. The average molecular weight is 347 g/mol. The van der Waals surface area contributed by atoms with Gasteiger partial charge in [-0.3, -0.25) is 0 Å². The summed E-state index contributed by atoms with van der Waals surface area (Å²) >= 11 is 3.30. The van der Waals surface area contributed by atoms with Crippen molar-refractivity contribution >= 4 is 26.0 Å². The number of hydrogen-bond acceptors (Lipinski definition) is 3. The van der Waals surface area contributed by atoms with Crippen LogP contribution in [0.4, 0.5) is 0 Å². The maximum absolute atomic E-state index is 12.3. The number of nitrogens with two attached hydrogens (primary N) is 1. The fraction of sp³-hybridized carbons (Fsp3) is 0.538. The first kappa shape index (κ1) is 15.0. The van der Waals surface area contributed by atoms with Crippen LogP contribution >= 0.6 is 15.9 Å². The predicted octanol–water partition coefficient (Wildman–Crippen LogP) is 2.37. The molecule has 1 saturated carbocycles. The van der Waals surface area contributed by atoms with Crippen molar-refractivity contribution in [2.24, 2.45) is 11.7 Å². The molecule has 0 aromatic heterocycles. The van der Waals surface area contributed by atoms with Gasteiger partial charge in [-0.05, 0) is 52.9 Å². The number of benzene rings is 1. The van der Waals surface area contributed by atoms with Gasteiger partial charge in [-0.1, -0.05) is 18.9 Å². The summed E-state index contributed by atoms with van der Waals surface area (Å²) in [6.45, 7) is 2.31. The molecule has 3 N–H and O–H groups in total. The van der Waals surface area contributed by atoms with Crippen LogP contribution in [-0.2, 0) is 16.6 Å². The van der Waals surface area contributed by atoms with Crippen LogP contribution in [-0.4, -0.2) is 14.5 Å². The molecule has 1 aliphatic rings. The minimum absolute atomic E-state index is 0.0291. The third kappa shape index (κ3) is 4.02. The third-order valence-electron chi connectivity index (χ3n) is 3.26. The predicted molar refractivity (Wildman–Crippen MR) is 79.2 cm³/mol. The van der Waals surface area contributed by atoms with Gasteiger partial charge in [-0.25, -0.2) is 13.1 Å². The largest absolute Gasteiger partial charge is 0.326 e. The molecule has 0 amide bonds. The summed E-state index contributed by atoms with van der Waals surface area (Å²) in [6, 6.07) is 5.06. The number of hydrogen-bond donors (Lipinski definition) is 2. The maximum Gasteiger partial charge on any atom is 0.241 e. The van der Waals surface area contributed by atoms with E-state index in [1.807, 2.05) is 6.92 Å². The summed E-state index contributed by atoms with van der Waals surface area (Å²) in [6.07, 6.45) is 3.36. The van der Waals surface area contributed by atoms with Gasteiger partial charge in [0, 0.05) is 17.1 Å². The highest BCUT2D eigenvalue weighted by atomic mass is 79.9. The lowest BCUT2D eigenvalue weighted by molar-refractivity contribution is 0.529. The van der Waals surface area contributed by atoms with E-state index in [1.165, 1.54) is 12.8 Å². The molecule has 0 bridgehead atoms. The Morgan fingerprint density at radius 3 is 2.68 bits per heavy atom. The van der Waals surface area contributed by atoms with Crippen LogP contribution in [0.2, 0.25) is 0 Å². The molecule has 0 heterocycles. The lowest BCUT2D eigenvalue weighted by Gasteiger charge is -2.15. The summed E-state index contributed by atoms with van der Waals surface area (Å²) in [5.74, 6) is 0.695. The Labute approximate surface area is 122 Å². The van der Waals surface area contributed by atoms with Gasteiger partial charge >= 0.3 is 0 Å². The van der Waals surface area contributed by atoms with E-state index in [1.54, 1.807) is 18.2 Å². The molecule has 19 heavy (non-hydrogen) atoms. The molecule has 6 heteroatoms. The fourth-order valence-electron chi connectivity index (χ4n) is 2.12. The molecular weight excluding hydrogens is 328 g/mol. The summed E-state index contributed by atoms with van der Waals surface area (Å²) < 4.78 is 27.9. The summed E-state index contributed by atoms with van der Waals surface area (Å²) in [5.41, 5.74) is 6.43. The Kier molecular flexibility index (Phi) is 4.66. The quantitative estimate of drug-likeness (QED) is 0.830. The minimum Gasteiger partial charge on any atom is -0.326 e. The highest BCUT2D eigenvalue weighted by molar-refractivity contribution is 9.10. The third-order valence-corrected chi connectivity index (χ3v) is 5.83. The zero-order chi connectivity index (χ0) is 14.0. The number of halogens is 1. The molecule has 106 valence electrons. The standard InChI is InChI=1S/C13H19BrN2O2S/c1-9(6-10-2-3-10)16-19(17,18)13-5-4-11(8-15)7-12(13)14/h4-5,7,9-10,16H,2-3,6,8,15H2,1H3. The summed E-state index contributed by atoms with van der Waals surface area (Å²) in [7, 11) is -3.47. The summed E-state index contributed by atoms with van der Waals surface area (Å²) in [4.78, 5) is 0.271. The van der Waals surface area contributed by atoms with E-state index in [0.717, 1.165) is 12.0 Å². The van der Waals surface area contributed by atoms with Gasteiger partial charge in [-0.15, -0.1) is 0 Å². The van der Waals surface area contributed by atoms with Crippen molar-refractivity contribution in [2.45, 2.75) is 43.7 Å². The highest BCUT2D eigenvalue weighted by Gasteiger charge is 2.26. The SMILES string of the molecule is CC(CC1CC1)NS(=O)(=O)c1ccc(CN)cc1Br.